The molecule has 15 unspecified atom stereocenters. The third kappa shape index (κ3) is 13.6. The molecule has 0 spiro atoms. The van der Waals surface area contributed by atoms with Crippen LogP contribution in [-0.4, -0.2) is 148 Å². The minimum absolute atomic E-state index is 0.0285. The number of carbonyl (C=O) groups is 3. The number of allylic oxidation sites excluding steroid dienone is 4. The summed E-state index contributed by atoms with van der Waals surface area (Å²) >= 11 is 12.3. The first-order valence-electron chi connectivity index (χ1n) is 23.9. The van der Waals surface area contributed by atoms with Gasteiger partial charge in [-0.1, -0.05) is 86.9 Å². The topological polar surface area (TPSA) is 259 Å². The van der Waals surface area contributed by atoms with Gasteiger partial charge < -0.3 is 73.3 Å². The summed E-state index contributed by atoms with van der Waals surface area (Å²) in [5, 5.41) is 65.1. The van der Waals surface area contributed by atoms with E-state index in [1.165, 1.54) is 27.0 Å². The van der Waals surface area contributed by atoms with Crippen molar-refractivity contribution in [3.8, 4) is 11.5 Å². The van der Waals surface area contributed by atoms with Crippen LogP contribution in [0, 0.1) is 11.8 Å². The van der Waals surface area contributed by atoms with E-state index in [4.69, 9.17) is 65.8 Å². The van der Waals surface area contributed by atoms with E-state index in [2.05, 4.69) is 0 Å². The normalized spacial score (nSPS) is 36.9. The van der Waals surface area contributed by atoms with Crippen molar-refractivity contribution in [2.45, 2.75) is 180 Å². The van der Waals surface area contributed by atoms with Crippen molar-refractivity contribution in [1.29, 1.82) is 0 Å². The Morgan fingerprint density at radius 1 is 0.915 bits per heavy atom. The molecule has 3 fully saturated rings. The number of epoxide rings is 1. The number of phenolic OH excluding ortho intramolecular Hbond substituents is 2. The predicted molar refractivity (Wildman–Crippen MR) is 258 cm³/mol. The summed E-state index contributed by atoms with van der Waals surface area (Å²) in [6.45, 7) is 16.6. The van der Waals surface area contributed by atoms with Gasteiger partial charge in [-0.3, -0.25) is 4.79 Å². The molecule has 18 nitrogen and oxygen atoms in total. The first-order valence-corrected chi connectivity index (χ1v) is 24.6. The van der Waals surface area contributed by atoms with E-state index < -0.39 is 138 Å². The molecule has 71 heavy (non-hydrogen) atoms. The Balaban J connectivity index is 1.39. The standard InChI is InChI=1S/C51H70Cl2O18/c1-12-29-21-25(6)32(55)17-15-14-16-30(22-64-49-43(63-11)39(58)42(28(9)65-49)67-48(62)34-31(13-2)35(52)38(57)36(53)37(34)56)47(61)66-33(27(8)54)19-18-24(5)20-26(7)41(29)69-50-44(68-46(60)23(3)4)40(59)45-51(10,70-45)71-50/h14-16,18,20-21,23,27-29,32-33,39-45,49-50,54-59H,12-13,17,19,22H2,1-11H3/b15-14+,24-18+,25-21+,26-20+,30-16+. The van der Waals surface area contributed by atoms with Crippen molar-refractivity contribution in [2.24, 2.45) is 11.8 Å². The molecule has 0 bridgehead atoms. The average molecular weight is 1040 g/mol. The van der Waals surface area contributed by atoms with Crippen LogP contribution < -0.4 is 0 Å². The molecule has 3 saturated heterocycles. The fourth-order valence-electron chi connectivity index (χ4n) is 8.66. The first kappa shape index (κ1) is 58.0. The number of aromatic hydroxyl groups is 2. The summed E-state index contributed by atoms with van der Waals surface area (Å²) in [6, 6.07) is 0. The lowest BCUT2D eigenvalue weighted by Crippen LogP contribution is -2.59. The molecule has 1 aromatic carbocycles. The smallest absolute Gasteiger partial charge is 0.342 e. The lowest BCUT2D eigenvalue weighted by molar-refractivity contribution is -0.295. The molecule has 5 rings (SSSR count). The zero-order chi connectivity index (χ0) is 52.8. The molecule has 0 aromatic heterocycles. The average Bonchev–Trinajstić information content (AvgIpc) is 4.01. The molecule has 20 heteroatoms. The maximum Gasteiger partial charge on any atom is 0.342 e. The van der Waals surface area contributed by atoms with Crippen LogP contribution in [-0.2, 0) is 58.6 Å². The van der Waals surface area contributed by atoms with Gasteiger partial charge >= 0.3 is 17.9 Å². The van der Waals surface area contributed by atoms with Crippen molar-refractivity contribution in [3.63, 3.8) is 0 Å². The maximum atomic E-state index is 14.0. The highest BCUT2D eigenvalue weighted by Gasteiger charge is 2.67. The van der Waals surface area contributed by atoms with Gasteiger partial charge in [0.1, 0.15) is 41.1 Å². The second-order valence-corrected chi connectivity index (χ2v) is 19.6. The number of methoxy groups -OCH3 is 1. The predicted octanol–water partition coefficient (Wildman–Crippen LogP) is 6.21. The van der Waals surface area contributed by atoms with E-state index >= 15 is 0 Å². The Labute approximate surface area is 424 Å². The van der Waals surface area contributed by atoms with Gasteiger partial charge in [0, 0.05) is 19.4 Å². The highest BCUT2D eigenvalue weighted by Crippen LogP contribution is 2.48. The fraction of sp³-hybridized carbons (Fsp3) is 0.627. The number of cyclic esters (lactones) is 1. The molecule has 4 aliphatic rings. The number of phenols is 2. The van der Waals surface area contributed by atoms with Crippen LogP contribution in [0.5, 0.6) is 11.5 Å². The minimum atomic E-state index is -1.57. The van der Waals surface area contributed by atoms with Crippen LogP contribution in [0.2, 0.25) is 10.0 Å². The van der Waals surface area contributed by atoms with Crippen molar-refractivity contribution in [3.05, 3.63) is 79.9 Å². The van der Waals surface area contributed by atoms with Crippen LogP contribution in [0.1, 0.15) is 104 Å². The number of fused-ring (bicyclic) bond motifs is 1. The molecular weight excluding hydrogens is 971 g/mol. The van der Waals surface area contributed by atoms with E-state index in [-0.39, 0.29) is 41.3 Å². The summed E-state index contributed by atoms with van der Waals surface area (Å²) in [6.07, 6.45) is -3.83. The van der Waals surface area contributed by atoms with Crippen LogP contribution >= 0.6 is 23.2 Å². The van der Waals surface area contributed by atoms with E-state index in [1.807, 2.05) is 32.9 Å². The molecule has 0 saturated carbocycles. The Morgan fingerprint density at radius 2 is 1.61 bits per heavy atom. The van der Waals surface area contributed by atoms with E-state index in [0.29, 0.717) is 12.0 Å². The lowest BCUT2D eigenvalue weighted by atomic mass is 9.89. The molecule has 0 amide bonds. The first-order chi connectivity index (χ1) is 33.4. The number of esters is 3. The summed E-state index contributed by atoms with van der Waals surface area (Å²) < 4.78 is 53.5. The number of hydrogen-bond acceptors (Lipinski definition) is 18. The number of carbonyl (C=O) groups excluding carboxylic acids is 3. The molecule has 6 N–H and O–H groups in total. The van der Waals surface area contributed by atoms with Gasteiger partial charge in [0.05, 0.1) is 47.5 Å². The third-order valence-corrected chi connectivity index (χ3v) is 13.8. The zero-order valence-electron chi connectivity index (χ0n) is 42.0. The third-order valence-electron chi connectivity index (χ3n) is 13.0. The second-order valence-electron chi connectivity index (χ2n) is 18.9. The highest BCUT2D eigenvalue weighted by atomic mass is 35.5. The number of benzene rings is 1. The number of rotatable bonds is 13. The SMILES string of the molecule is CCc1c(Cl)c(O)c(Cl)c(O)c1C(=O)OC1C(C)OC(OC/C2=C\C=C\CC(O)/C(C)=C/C(CC)C(OC3OC4(C)OC4C(O)C3OC(=O)C(C)C)/C(C)=C/C(C)=C/CC(C(C)O)OC2=O)C(OC)C1O. The van der Waals surface area contributed by atoms with Crippen LogP contribution in [0.15, 0.2) is 58.7 Å². The van der Waals surface area contributed by atoms with E-state index in [0.717, 1.165) is 11.1 Å². The van der Waals surface area contributed by atoms with Crippen LogP contribution in [0.3, 0.4) is 0 Å². The molecule has 15 atom stereocenters. The van der Waals surface area contributed by atoms with E-state index in [9.17, 15) is 45.0 Å². The molecule has 4 aliphatic heterocycles. The van der Waals surface area contributed by atoms with Gasteiger partial charge in [0.25, 0.3) is 0 Å². The fourth-order valence-corrected chi connectivity index (χ4v) is 9.22. The molecule has 1 aromatic rings. The van der Waals surface area contributed by atoms with Gasteiger partial charge in [-0.05, 0) is 83.6 Å². The number of ether oxygens (including phenoxy) is 9. The van der Waals surface area contributed by atoms with Crippen molar-refractivity contribution < 1.29 is 87.7 Å². The molecule has 4 heterocycles. The Morgan fingerprint density at radius 3 is 2.23 bits per heavy atom. The summed E-state index contributed by atoms with van der Waals surface area (Å²) in [7, 11) is 1.27. The molecular formula is C51H70Cl2O18. The second kappa shape index (κ2) is 24.9. The quantitative estimate of drug-likeness (QED) is 0.0555. The van der Waals surface area contributed by atoms with Crippen LogP contribution in [0.4, 0.5) is 0 Å². The van der Waals surface area contributed by atoms with Crippen LogP contribution in [0.25, 0.3) is 0 Å². The molecule has 396 valence electrons. The largest absolute Gasteiger partial charge is 0.505 e. The van der Waals surface area contributed by atoms with Crippen molar-refractivity contribution >= 4 is 41.1 Å². The van der Waals surface area contributed by atoms with E-state index in [1.54, 1.807) is 52.8 Å². The number of halogens is 2. The molecule has 0 aliphatic carbocycles. The monoisotopic (exact) mass is 1040 g/mol. The summed E-state index contributed by atoms with van der Waals surface area (Å²) in [4.78, 5) is 40.3. The van der Waals surface area contributed by atoms with Gasteiger partial charge in [-0.25, -0.2) is 9.59 Å². The Bertz CT molecular complexity index is 2240. The zero-order valence-corrected chi connectivity index (χ0v) is 43.5. The highest BCUT2D eigenvalue weighted by molar-refractivity contribution is 6.39. The lowest BCUT2D eigenvalue weighted by Gasteiger charge is -2.42. The summed E-state index contributed by atoms with van der Waals surface area (Å²) in [5.41, 5.74) is 1.68. The number of hydrogen-bond donors (Lipinski definition) is 6. The van der Waals surface area contributed by atoms with Crippen molar-refractivity contribution in [1.82, 2.24) is 0 Å². The maximum absolute atomic E-state index is 14.0. The van der Waals surface area contributed by atoms with Gasteiger partial charge in [0.2, 0.25) is 6.29 Å². The van der Waals surface area contributed by atoms with Gasteiger partial charge in [-0.2, -0.15) is 0 Å². The minimum Gasteiger partial charge on any atom is -0.505 e. The molecule has 0 radical (unpaired) electrons. The van der Waals surface area contributed by atoms with Gasteiger partial charge in [-0.15, -0.1) is 0 Å². The Hall–Kier alpha value is -3.89. The van der Waals surface area contributed by atoms with Gasteiger partial charge in [0.15, 0.2) is 35.8 Å². The Kier molecular flexibility index (Phi) is 20.3. The number of aliphatic hydroxyl groups excluding tert-OH is 4. The van der Waals surface area contributed by atoms with Crippen molar-refractivity contribution in [2.75, 3.05) is 13.7 Å². The number of aliphatic hydroxyl groups is 4. The summed E-state index contributed by atoms with van der Waals surface area (Å²) in [5.74, 6) is -5.86.